The van der Waals surface area contributed by atoms with Crippen molar-refractivity contribution in [2.45, 2.75) is 6.92 Å². The fourth-order valence-corrected chi connectivity index (χ4v) is 0.256. The van der Waals surface area contributed by atoms with E-state index in [2.05, 4.69) is 11.9 Å². The van der Waals surface area contributed by atoms with Crippen LogP contribution in [0, 0.1) is 0 Å². The van der Waals surface area contributed by atoms with Gasteiger partial charge < -0.3 is 5.32 Å². The average molecular weight is 113 g/mol. The van der Waals surface area contributed by atoms with Crippen molar-refractivity contribution >= 4 is 12.2 Å². The van der Waals surface area contributed by atoms with Crippen LogP contribution in [0.1, 0.15) is 6.92 Å². The summed E-state index contributed by atoms with van der Waals surface area (Å²) in [4.78, 5) is 19.8. The number of hydrogen-bond acceptors (Lipinski definition) is 2. The number of amides is 1. The van der Waals surface area contributed by atoms with Gasteiger partial charge in [0.05, 0.1) is 5.70 Å². The third-order valence-corrected chi connectivity index (χ3v) is 0.479. The minimum Gasteiger partial charge on any atom is -0.324 e. The summed E-state index contributed by atoms with van der Waals surface area (Å²) in [5.74, 6) is -0.276. The summed E-state index contributed by atoms with van der Waals surface area (Å²) in [7, 11) is 0. The summed E-state index contributed by atoms with van der Waals surface area (Å²) in [6.45, 7) is 4.53. The van der Waals surface area contributed by atoms with Crippen molar-refractivity contribution in [1.29, 1.82) is 0 Å². The van der Waals surface area contributed by atoms with E-state index in [0.717, 1.165) is 0 Å². The van der Waals surface area contributed by atoms with E-state index in [1.54, 1.807) is 0 Å². The molecule has 0 atom stereocenters. The topological polar surface area (TPSA) is 46.2 Å². The van der Waals surface area contributed by atoms with Gasteiger partial charge >= 0.3 is 0 Å². The van der Waals surface area contributed by atoms with E-state index in [4.69, 9.17) is 0 Å². The minimum absolute atomic E-state index is 0.0949. The number of carbonyl (C=O) groups is 2. The van der Waals surface area contributed by atoms with Crippen molar-refractivity contribution in [3.8, 4) is 0 Å². The summed E-state index contributed by atoms with van der Waals surface area (Å²) in [6, 6.07) is 0. The Balaban J connectivity index is 3.55. The molecule has 0 aromatic carbocycles. The maximum atomic E-state index is 10.1. The smallest absolute Gasteiger partial charge is 0.221 e. The van der Waals surface area contributed by atoms with E-state index in [9.17, 15) is 9.59 Å². The number of rotatable bonds is 2. The second-order valence-electron chi connectivity index (χ2n) is 1.32. The Kier molecular flexibility index (Phi) is 2.54. The van der Waals surface area contributed by atoms with E-state index >= 15 is 0 Å². The Labute approximate surface area is 47.4 Å². The molecule has 0 heterocycles. The van der Waals surface area contributed by atoms with E-state index < -0.39 is 0 Å². The van der Waals surface area contributed by atoms with Crippen LogP contribution in [0.2, 0.25) is 0 Å². The summed E-state index contributed by atoms with van der Waals surface area (Å²) in [5, 5.41) is 2.19. The molecule has 1 N–H and O–H groups in total. The summed E-state index contributed by atoms with van der Waals surface area (Å²) in [6.07, 6.45) is 0.488. The largest absolute Gasteiger partial charge is 0.324 e. The molecule has 0 aromatic rings. The van der Waals surface area contributed by atoms with Crippen molar-refractivity contribution in [1.82, 2.24) is 5.32 Å². The lowest BCUT2D eigenvalue weighted by atomic mass is 10.5. The molecule has 0 unspecified atom stereocenters. The van der Waals surface area contributed by atoms with Gasteiger partial charge in [0.15, 0.2) is 6.29 Å². The van der Waals surface area contributed by atoms with Gasteiger partial charge in [0, 0.05) is 6.92 Å². The first-order valence-electron chi connectivity index (χ1n) is 2.08. The van der Waals surface area contributed by atoms with Gasteiger partial charge in [-0.1, -0.05) is 6.58 Å². The molecule has 0 saturated carbocycles. The van der Waals surface area contributed by atoms with E-state index in [0.29, 0.717) is 6.29 Å². The van der Waals surface area contributed by atoms with Crippen LogP contribution in [0.3, 0.4) is 0 Å². The normalized spacial score (nSPS) is 7.62. The minimum atomic E-state index is -0.276. The first-order valence-corrected chi connectivity index (χ1v) is 2.08. The van der Waals surface area contributed by atoms with Gasteiger partial charge in [-0.2, -0.15) is 0 Å². The molecule has 0 aliphatic carbocycles. The monoisotopic (exact) mass is 113 g/mol. The number of hydrogen-bond donors (Lipinski definition) is 1. The van der Waals surface area contributed by atoms with Crippen LogP contribution in [-0.2, 0) is 9.59 Å². The molecule has 1 amide bonds. The molecule has 0 spiro atoms. The Morgan fingerprint density at radius 3 is 2.38 bits per heavy atom. The highest BCUT2D eigenvalue weighted by molar-refractivity contribution is 5.83. The maximum Gasteiger partial charge on any atom is 0.221 e. The summed E-state index contributed by atoms with van der Waals surface area (Å²) < 4.78 is 0. The lowest BCUT2D eigenvalue weighted by Crippen LogP contribution is -2.18. The second-order valence-corrected chi connectivity index (χ2v) is 1.32. The Morgan fingerprint density at radius 1 is 1.75 bits per heavy atom. The van der Waals surface area contributed by atoms with Gasteiger partial charge in [0.25, 0.3) is 0 Å². The molecule has 44 valence electrons. The molecule has 0 fully saturated rings. The van der Waals surface area contributed by atoms with E-state index in [1.807, 2.05) is 0 Å². The predicted molar refractivity (Wildman–Crippen MR) is 29.0 cm³/mol. The van der Waals surface area contributed by atoms with Gasteiger partial charge in [-0.3, -0.25) is 9.59 Å². The van der Waals surface area contributed by atoms with Crippen molar-refractivity contribution in [3.05, 3.63) is 12.3 Å². The lowest BCUT2D eigenvalue weighted by Gasteiger charge is -1.93. The van der Waals surface area contributed by atoms with E-state index in [1.165, 1.54) is 6.92 Å². The molecule has 0 radical (unpaired) electrons. The summed E-state index contributed by atoms with van der Waals surface area (Å²) >= 11 is 0. The third kappa shape index (κ3) is 3.08. The molecule has 0 aliphatic rings. The number of carbonyl (C=O) groups excluding carboxylic acids is 2. The zero-order valence-corrected chi connectivity index (χ0v) is 4.60. The predicted octanol–water partition coefficient (Wildman–Crippen LogP) is -0.165. The van der Waals surface area contributed by atoms with Gasteiger partial charge in [0.2, 0.25) is 5.91 Å². The fraction of sp³-hybridized carbons (Fsp3) is 0.200. The van der Waals surface area contributed by atoms with Crippen molar-refractivity contribution in [2.75, 3.05) is 0 Å². The molecule has 0 bridgehead atoms. The highest BCUT2D eigenvalue weighted by Gasteiger charge is 1.90. The van der Waals surface area contributed by atoms with Gasteiger partial charge in [0.1, 0.15) is 0 Å². The zero-order valence-electron chi connectivity index (χ0n) is 4.60. The summed E-state index contributed by atoms with van der Waals surface area (Å²) in [5.41, 5.74) is 0.0949. The Morgan fingerprint density at radius 2 is 2.25 bits per heavy atom. The molecular weight excluding hydrogens is 106 g/mol. The van der Waals surface area contributed by atoms with Gasteiger partial charge in [-0.05, 0) is 0 Å². The number of aldehydes is 1. The number of nitrogens with one attached hydrogen (secondary N) is 1. The van der Waals surface area contributed by atoms with Crippen molar-refractivity contribution < 1.29 is 9.59 Å². The zero-order chi connectivity index (χ0) is 6.57. The SMILES string of the molecule is C=C(C=O)NC(C)=O. The molecule has 0 saturated heterocycles. The Bertz CT molecular complexity index is 128. The first-order chi connectivity index (χ1) is 3.66. The molecule has 0 aromatic heterocycles. The van der Waals surface area contributed by atoms with E-state index in [-0.39, 0.29) is 11.6 Å². The fourth-order valence-electron chi connectivity index (χ4n) is 0.256. The molecular formula is C5H7NO2. The number of allylic oxidation sites excluding steroid dienone is 1. The Hall–Kier alpha value is -1.12. The highest BCUT2D eigenvalue weighted by atomic mass is 16.2. The standard InChI is InChI=1S/C5H7NO2/c1-4(3-7)6-5(2)8/h3H,1H2,2H3,(H,6,8). The van der Waals surface area contributed by atoms with Crippen LogP contribution >= 0.6 is 0 Å². The molecule has 0 rings (SSSR count). The molecule has 8 heavy (non-hydrogen) atoms. The van der Waals surface area contributed by atoms with Crippen LogP contribution in [0.4, 0.5) is 0 Å². The van der Waals surface area contributed by atoms with Gasteiger partial charge in [-0.25, -0.2) is 0 Å². The lowest BCUT2D eigenvalue weighted by molar-refractivity contribution is -0.119. The van der Waals surface area contributed by atoms with Crippen LogP contribution in [0.25, 0.3) is 0 Å². The molecule has 3 heteroatoms. The first kappa shape index (κ1) is 6.88. The molecule has 3 nitrogen and oxygen atoms in total. The van der Waals surface area contributed by atoms with Crippen LogP contribution < -0.4 is 5.32 Å². The van der Waals surface area contributed by atoms with Crippen LogP contribution in [-0.4, -0.2) is 12.2 Å². The highest BCUT2D eigenvalue weighted by Crippen LogP contribution is 1.72. The van der Waals surface area contributed by atoms with Gasteiger partial charge in [-0.15, -0.1) is 0 Å². The van der Waals surface area contributed by atoms with Crippen LogP contribution in [0.15, 0.2) is 12.3 Å². The quantitative estimate of drug-likeness (QED) is 0.399. The third-order valence-electron chi connectivity index (χ3n) is 0.479. The van der Waals surface area contributed by atoms with Crippen molar-refractivity contribution in [2.24, 2.45) is 0 Å². The molecule has 0 aliphatic heterocycles. The average Bonchev–Trinajstić information content (AvgIpc) is 1.65. The second kappa shape index (κ2) is 2.96. The van der Waals surface area contributed by atoms with Crippen LogP contribution in [0.5, 0.6) is 0 Å². The maximum absolute atomic E-state index is 10.1. The van der Waals surface area contributed by atoms with Crippen molar-refractivity contribution in [3.63, 3.8) is 0 Å².